The molecule has 1 amide bonds. The van der Waals surface area contributed by atoms with Crippen LogP contribution in [0.1, 0.15) is 34.8 Å². The Hall–Kier alpha value is -2.89. The fourth-order valence-corrected chi connectivity index (χ4v) is 3.57. The Labute approximate surface area is 152 Å². The van der Waals surface area contributed by atoms with E-state index in [1.54, 1.807) is 6.92 Å². The van der Waals surface area contributed by atoms with E-state index in [1.807, 2.05) is 48.2 Å². The molecule has 1 aliphatic heterocycles. The van der Waals surface area contributed by atoms with Gasteiger partial charge < -0.3 is 14.6 Å². The molecule has 6 heteroatoms. The number of anilines is 1. The molecule has 1 saturated heterocycles. The Morgan fingerprint density at radius 2 is 2.08 bits per heavy atom. The fourth-order valence-electron chi connectivity index (χ4n) is 3.57. The lowest BCUT2D eigenvalue weighted by Crippen LogP contribution is -2.39. The molecule has 1 atom stereocenters. The number of carbonyl (C=O) groups is 1. The maximum absolute atomic E-state index is 13.1. The summed E-state index contributed by atoms with van der Waals surface area (Å²) < 4.78 is 5.56. The molecule has 0 saturated carbocycles. The van der Waals surface area contributed by atoms with Crippen LogP contribution in [0.3, 0.4) is 0 Å². The van der Waals surface area contributed by atoms with Crippen molar-refractivity contribution in [2.24, 2.45) is 0 Å². The van der Waals surface area contributed by atoms with E-state index in [2.05, 4.69) is 15.3 Å². The molecule has 1 aliphatic rings. The molecule has 26 heavy (non-hydrogen) atoms. The number of carbonyl (C=O) groups excluding carboxylic acids is 1. The molecule has 1 unspecified atom stereocenters. The number of likely N-dealkylation sites (tertiary alicyclic amines) is 1. The summed E-state index contributed by atoms with van der Waals surface area (Å²) in [6, 6.07) is 11.6. The van der Waals surface area contributed by atoms with Crippen molar-refractivity contribution in [1.29, 1.82) is 0 Å². The van der Waals surface area contributed by atoms with Crippen molar-refractivity contribution in [3.05, 3.63) is 53.5 Å². The predicted molar refractivity (Wildman–Crippen MR) is 100 cm³/mol. The van der Waals surface area contributed by atoms with Crippen molar-refractivity contribution in [1.82, 2.24) is 14.9 Å². The first-order valence-electron chi connectivity index (χ1n) is 8.96. The van der Waals surface area contributed by atoms with Gasteiger partial charge in [0.25, 0.3) is 5.91 Å². The molecule has 134 valence electrons. The molecule has 3 heterocycles. The monoisotopic (exact) mass is 350 g/mol. The van der Waals surface area contributed by atoms with Gasteiger partial charge in [-0.1, -0.05) is 12.1 Å². The zero-order valence-corrected chi connectivity index (χ0v) is 15.0. The quantitative estimate of drug-likeness (QED) is 0.779. The van der Waals surface area contributed by atoms with Crippen LogP contribution in [0, 0.1) is 13.8 Å². The maximum Gasteiger partial charge on any atom is 0.256 e. The number of oxazole rings is 1. The van der Waals surface area contributed by atoms with E-state index in [-0.39, 0.29) is 11.9 Å². The lowest BCUT2D eigenvalue weighted by molar-refractivity contribution is 0.0745. The van der Waals surface area contributed by atoms with Gasteiger partial charge in [-0.3, -0.25) is 4.79 Å². The highest BCUT2D eigenvalue weighted by atomic mass is 16.3. The highest BCUT2D eigenvalue weighted by Crippen LogP contribution is 2.25. The summed E-state index contributed by atoms with van der Waals surface area (Å²) in [6.45, 7) is 5.22. The van der Waals surface area contributed by atoms with Crippen LogP contribution in [0.5, 0.6) is 0 Å². The van der Waals surface area contributed by atoms with Gasteiger partial charge in [0.15, 0.2) is 11.5 Å². The van der Waals surface area contributed by atoms with Crippen LogP contribution in [0.2, 0.25) is 0 Å². The van der Waals surface area contributed by atoms with E-state index in [9.17, 15) is 4.79 Å². The van der Waals surface area contributed by atoms with Crippen molar-refractivity contribution in [3.63, 3.8) is 0 Å². The number of nitrogens with zero attached hydrogens (tertiary/aromatic N) is 3. The normalized spacial score (nSPS) is 17.0. The molecule has 0 bridgehead atoms. The number of aryl methyl sites for hydroxylation is 2. The number of para-hydroxylation sites is 1. The van der Waals surface area contributed by atoms with Crippen LogP contribution >= 0.6 is 0 Å². The zero-order valence-electron chi connectivity index (χ0n) is 15.0. The molecule has 4 rings (SSSR count). The average molecular weight is 350 g/mol. The van der Waals surface area contributed by atoms with Crippen LogP contribution in [0.25, 0.3) is 11.1 Å². The Balaban J connectivity index is 1.53. The van der Waals surface area contributed by atoms with Gasteiger partial charge >= 0.3 is 0 Å². The minimum absolute atomic E-state index is 0.0189. The Morgan fingerprint density at radius 3 is 2.92 bits per heavy atom. The van der Waals surface area contributed by atoms with E-state index in [1.165, 1.54) is 0 Å². The molecule has 0 aliphatic carbocycles. The Kier molecular flexibility index (Phi) is 4.32. The SMILES string of the molecule is Cc1cccc(NCC2CCCN2C(=O)c2cccc3oc(C)nc23)n1. The number of benzene rings is 1. The lowest BCUT2D eigenvalue weighted by atomic mass is 10.1. The van der Waals surface area contributed by atoms with Crippen LogP contribution in [0.4, 0.5) is 5.82 Å². The lowest BCUT2D eigenvalue weighted by Gasteiger charge is -2.25. The molecule has 3 aromatic rings. The third kappa shape index (κ3) is 3.14. The molecule has 1 N–H and O–H groups in total. The summed E-state index contributed by atoms with van der Waals surface area (Å²) >= 11 is 0. The van der Waals surface area contributed by atoms with Crippen molar-refractivity contribution >= 4 is 22.8 Å². The number of pyridine rings is 1. The van der Waals surface area contributed by atoms with E-state index < -0.39 is 0 Å². The van der Waals surface area contributed by atoms with Crippen LogP contribution in [-0.4, -0.2) is 39.9 Å². The minimum Gasteiger partial charge on any atom is -0.441 e. The van der Waals surface area contributed by atoms with E-state index in [0.29, 0.717) is 29.1 Å². The summed E-state index contributed by atoms with van der Waals surface area (Å²) in [4.78, 5) is 24.0. The molecule has 2 aromatic heterocycles. The van der Waals surface area contributed by atoms with Gasteiger partial charge in [0, 0.05) is 31.7 Å². The topological polar surface area (TPSA) is 71.3 Å². The van der Waals surface area contributed by atoms with E-state index in [0.717, 1.165) is 30.9 Å². The second-order valence-corrected chi connectivity index (χ2v) is 6.72. The number of fused-ring (bicyclic) bond motifs is 1. The largest absolute Gasteiger partial charge is 0.441 e. The maximum atomic E-state index is 13.1. The molecule has 1 fully saturated rings. The fraction of sp³-hybridized carbons (Fsp3) is 0.350. The molecular formula is C20H22N4O2. The van der Waals surface area contributed by atoms with E-state index in [4.69, 9.17) is 4.42 Å². The Bertz CT molecular complexity index is 950. The number of hydrogen-bond donors (Lipinski definition) is 1. The molecular weight excluding hydrogens is 328 g/mol. The highest BCUT2D eigenvalue weighted by Gasteiger charge is 2.30. The second kappa shape index (κ2) is 6.78. The van der Waals surface area contributed by atoms with Crippen molar-refractivity contribution in [2.75, 3.05) is 18.4 Å². The number of hydrogen-bond acceptors (Lipinski definition) is 5. The Morgan fingerprint density at radius 1 is 1.23 bits per heavy atom. The third-order valence-corrected chi connectivity index (χ3v) is 4.80. The first-order chi connectivity index (χ1) is 12.6. The van der Waals surface area contributed by atoms with Crippen LogP contribution < -0.4 is 5.32 Å². The van der Waals surface area contributed by atoms with Crippen molar-refractivity contribution < 1.29 is 9.21 Å². The summed E-state index contributed by atoms with van der Waals surface area (Å²) in [6.07, 6.45) is 1.99. The summed E-state index contributed by atoms with van der Waals surface area (Å²) in [7, 11) is 0. The van der Waals surface area contributed by atoms with Gasteiger partial charge in [0.1, 0.15) is 11.3 Å². The first-order valence-corrected chi connectivity index (χ1v) is 8.96. The van der Waals surface area contributed by atoms with E-state index >= 15 is 0 Å². The van der Waals surface area contributed by atoms with Gasteiger partial charge in [0.05, 0.1) is 5.56 Å². The van der Waals surface area contributed by atoms with Crippen LogP contribution in [-0.2, 0) is 0 Å². The van der Waals surface area contributed by atoms with Gasteiger partial charge in [-0.05, 0) is 44.0 Å². The first kappa shape index (κ1) is 16.6. The molecule has 0 spiro atoms. The molecule has 6 nitrogen and oxygen atoms in total. The van der Waals surface area contributed by atoms with Gasteiger partial charge in [0.2, 0.25) is 0 Å². The van der Waals surface area contributed by atoms with Crippen molar-refractivity contribution in [2.45, 2.75) is 32.7 Å². The smallest absolute Gasteiger partial charge is 0.256 e. The number of aromatic nitrogens is 2. The highest BCUT2D eigenvalue weighted by molar-refractivity contribution is 6.04. The standard InChI is InChI=1S/C20H22N4O2/c1-13-6-3-10-18(22-13)21-12-15-7-5-11-24(15)20(25)16-8-4-9-17-19(16)23-14(2)26-17/h3-4,6,8-10,15H,5,7,11-12H2,1-2H3,(H,21,22). The minimum atomic E-state index is 0.0189. The number of nitrogens with one attached hydrogen (secondary N) is 1. The second-order valence-electron chi connectivity index (χ2n) is 6.72. The van der Waals surface area contributed by atoms with Gasteiger partial charge in [-0.15, -0.1) is 0 Å². The van der Waals surface area contributed by atoms with Crippen LogP contribution in [0.15, 0.2) is 40.8 Å². The predicted octanol–water partition coefficient (Wildman–Crippen LogP) is 3.56. The molecule has 0 radical (unpaired) electrons. The summed E-state index contributed by atoms with van der Waals surface area (Å²) in [5.74, 6) is 1.44. The summed E-state index contributed by atoms with van der Waals surface area (Å²) in [5, 5.41) is 3.37. The average Bonchev–Trinajstić information content (AvgIpc) is 3.24. The number of rotatable bonds is 4. The molecule has 1 aromatic carbocycles. The van der Waals surface area contributed by atoms with Crippen molar-refractivity contribution in [3.8, 4) is 0 Å². The van der Waals surface area contributed by atoms with Gasteiger partial charge in [-0.2, -0.15) is 0 Å². The van der Waals surface area contributed by atoms with Gasteiger partial charge in [-0.25, -0.2) is 9.97 Å². The third-order valence-electron chi connectivity index (χ3n) is 4.80. The zero-order chi connectivity index (χ0) is 18.1. The number of amides is 1. The summed E-state index contributed by atoms with van der Waals surface area (Å²) in [5.41, 5.74) is 2.89.